The molecule has 2 aromatic rings. The van der Waals surface area contributed by atoms with Gasteiger partial charge in [-0.3, -0.25) is 4.99 Å². The van der Waals surface area contributed by atoms with Crippen molar-refractivity contribution in [3.8, 4) is 0 Å². The molecule has 2 aromatic heterocycles. The Morgan fingerprint density at radius 1 is 1.43 bits per heavy atom. The highest BCUT2D eigenvalue weighted by atomic mass is 127. The molecule has 21 heavy (non-hydrogen) atoms. The number of hydrogen-bond acceptors (Lipinski definition) is 4. The van der Waals surface area contributed by atoms with Gasteiger partial charge in [0.2, 0.25) is 0 Å². The zero-order chi connectivity index (χ0) is 14.4. The first-order chi connectivity index (χ1) is 9.69. The molecule has 0 fully saturated rings. The quantitative estimate of drug-likeness (QED) is 0.428. The van der Waals surface area contributed by atoms with Gasteiger partial charge in [0.25, 0.3) is 0 Å². The zero-order valence-electron chi connectivity index (χ0n) is 12.4. The van der Waals surface area contributed by atoms with E-state index in [0.717, 1.165) is 24.1 Å². The number of guanidine groups is 1. The van der Waals surface area contributed by atoms with E-state index in [1.807, 2.05) is 13.1 Å². The van der Waals surface area contributed by atoms with Crippen LogP contribution in [-0.2, 0) is 6.54 Å². The number of aliphatic imine (C=N–C) groups is 1. The highest BCUT2D eigenvalue weighted by Crippen LogP contribution is 2.17. The number of nitrogens with zero attached hydrogens (tertiary/aromatic N) is 2. The third-order valence-electron chi connectivity index (χ3n) is 3.01. The normalized spacial score (nSPS) is 12.6. The lowest BCUT2D eigenvalue weighted by atomic mass is 10.1. The minimum Gasteiger partial charge on any atom is -0.356 e. The lowest BCUT2D eigenvalue weighted by Crippen LogP contribution is -2.38. The monoisotopic (exact) mass is 436 g/mol. The van der Waals surface area contributed by atoms with Gasteiger partial charge >= 0.3 is 0 Å². The number of nitrogens with one attached hydrogen (secondary N) is 2. The molecular weight excluding hydrogens is 415 g/mol. The van der Waals surface area contributed by atoms with Crippen molar-refractivity contribution >= 4 is 52.6 Å². The zero-order valence-corrected chi connectivity index (χ0v) is 16.4. The van der Waals surface area contributed by atoms with Crippen LogP contribution < -0.4 is 10.6 Å². The molecule has 2 heterocycles. The number of hydrogen-bond donors (Lipinski definition) is 2. The average molecular weight is 436 g/mol. The van der Waals surface area contributed by atoms with E-state index in [1.54, 1.807) is 29.7 Å². The van der Waals surface area contributed by atoms with Gasteiger partial charge in [0.05, 0.1) is 11.6 Å². The summed E-state index contributed by atoms with van der Waals surface area (Å²) < 4.78 is 0. The Morgan fingerprint density at radius 3 is 2.81 bits per heavy atom. The van der Waals surface area contributed by atoms with Crippen LogP contribution in [0.5, 0.6) is 0 Å². The Labute approximate surface area is 151 Å². The van der Waals surface area contributed by atoms with Gasteiger partial charge in [-0.25, -0.2) is 4.98 Å². The van der Waals surface area contributed by atoms with Crippen molar-refractivity contribution in [3.63, 3.8) is 0 Å². The minimum atomic E-state index is 0. The third kappa shape index (κ3) is 5.91. The van der Waals surface area contributed by atoms with E-state index >= 15 is 0 Å². The predicted molar refractivity (Wildman–Crippen MR) is 103 cm³/mol. The summed E-state index contributed by atoms with van der Waals surface area (Å²) in [7, 11) is 1.79. The van der Waals surface area contributed by atoms with Crippen LogP contribution in [0, 0.1) is 6.92 Å². The molecule has 2 rings (SSSR count). The topological polar surface area (TPSA) is 49.3 Å². The second kappa shape index (κ2) is 9.37. The molecule has 0 saturated carbocycles. The van der Waals surface area contributed by atoms with Gasteiger partial charge in [-0.2, -0.15) is 11.3 Å². The van der Waals surface area contributed by atoms with Gasteiger partial charge in [-0.15, -0.1) is 35.3 Å². The third-order valence-corrected chi connectivity index (χ3v) is 4.62. The summed E-state index contributed by atoms with van der Waals surface area (Å²) in [6.45, 7) is 5.87. The lowest BCUT2D eigenvalue weighted by Gasteiger charge is -2.15. The first-order valence-corrected chi connectivity index (χ1v) is 8.33. The highest BCUT2D eigenvalue weighted by Gasteiger charge is 2.07. The van der Waals surface area contributed by atoms with Crippen molar-refractivity contribution in [3.05, 3.63) is 38.5 Å². The van der Waals surface area contributed by atoms with Crippen molar-refractivity contribution in [2.75, 3.05) is 13.6 Å². The number of halogens is 1. The van der Waals surface area contributed by atoms with Gasteiger partial charge in [0, 0.05) is 24.7 Å². The van der Waals surface area contributed by atoms with E-state index < -0.39 is 0 Å². The number of rotatable bonds is 5. The maximum atomic E-state index is 4.25. The summed E-state index contributed by atoms with van der Waals surface area (Å²) in [5.41, 5.74) is 1.37. The van der Waals surface area contributed by atoms with E-state index in [1.165, 1.54) is 10.4 Å². The molecule has 1 atom stereocenters. The maximum Gasteiger partial charge on any atom is 0.191 e. The van der Waals surface area contributed by atoms with Crippen molar-refractivity contribution in [1.82, 2.24) is 15.6 Å². The Kier molecular flexibility index (Phi) is 8.20. The van der Waals surface area contributed by atoms with Crippen molar-refractivity contribution < 1.29 is 0 Å². The molecule has 1 unspecified atom stereocenters. The SMILES string of the molecule is CN=C(NCc1cnc(C)s1)NCC(C)c1ccsc1.I. The van der Waals surface area contributed by atoms with Crippen LogP contribution in [0.3, 0.4) is 0 Å². The summed E-state index contributed by atoms with van der Waals surface area (Å²) in [5.74, 6) is 1.31. The standard InChI is InChI=1S/C14H20N4S2.HI/c1-10(12-4-5-19-9-12)6-17-14(15-3)18-8-13-7-16-11(2)20-13;/h4-5,7,9-10H,6,8H2,1-3H3,(H2,15,17,18);1H. The van der Waals surface area contributed by atoms with E-state index in [-0.39, 0.29) is 24.0 Å². The number of aryl methyl sites for hydroxylation is 1. The minimum absolute atomic E-state index is 0. The largest absolute Gasteiger partial charge is 0.356 e. The molecule has 0 aromatic carbocycles. The molecule has 7 heteroatoms. The Bertz CT molecular complexity index is 551. The van der Waals surface area contributed by atoms with Crippen LogP contribution in [0.4, 0.5) is 0 Å². The van der Waals surface area contributed by atoms with Crippen molar-refractivity contribution in [2.45, 2.75) is 26.3 Å². The Morgan fingerprint density at radius 2 is 2.24 bits per heavy atom. The Hall–Kier alpha value is -0.670. The molecule has 0 bridgehead atoms. The molecule has 4 nitrogen and oxygen atoms in total. The summed E-state index contributed by atoms with van der Waals surface area (Å²) in [5, 5.41) is 12.1. The molecule has 0 amide bonds. The lowest BCUT2D eigenvalue weighted by molar-refractivity contribution is 0.702. The average Bonchev–Trinajstić information content (AvgIpc) is 3.10. The maximum absolute atomic E-state index is 4.25. The van der Waals surface area contributed by atoms with E-state index in [0.29, 0.717) is 5.92 Å². The smallest absolute Gasteiger partial charge is 0.191 e. The van der Waals surface area contributed by atoms with E-state index in [2.05, 4.69) is 44.4 Å². The van der Waals surface area contributed by atoms with E-state index in [4.69, 9.17) is 0 Å². The van der Waals surface area contributed by atoms with Crippen LogP contribution in [0.15, 0.2) is 28.0 Å². The molecule has 0 aliphatic rings. The van der Waals surface area contributed by atoms with Gasteiger partial charge in [-0.05, 0) is 35.2 Å². The van der Waals surface area contributed by atoms with Gasteiger partial charge in [-0.1, -0.05) is 6.92 Å². The van der Waals surface area contributed by atoms with E-state index in [9.17, 15) is 0 Å². The molecule has 116 valence electrons. The molecule has 0 saturated heterocycles. The molecule has 2 N–H and O–H groups in total. The second-order valence-electron chi connectivity index (χ2n) is 4.61. The Balaban J connectivity index is 0.00000220. The fourth-order valence-electron chi connectivity index (χ4n) is 1.80. The summed E-state index contributed by atoms with van der Waals surface area (Å²) in [6, 6.07) is 2.17. The highest BCUT2D eigenvalue weighted by molar-refractivity contribution is 14.0. The first kappa shape index (κ1) is 18.4. The van der Waals surface area contributed by atoms with Crippen LogP contribution >= 0.6 is 46.7 Å². The van der Waals surface area contributed by atoms with Crippen LogP contribution in [0.25, 0.3) is 0 Å². The predicted octanol–water partition coefficient (Wildman–Crippen LogP) is 3.60. The number of thiazole rings is 1. The first-order valence-electron chi connectivity index (χ1n) is 6.57. The van der Waals surface area contributed by atoms with Crippen molar-refractivity contribution in [2.24, 2.45) is 4.99 Å². The van der Waals surface area contributed by atoms with Crippen molar-refractivity contribution in [1.29, 1.82) is 0 Å². The second-order valence-corrected chi connectivity index (χ2v) is 6.71. The number of aromatic nitrogens is 1. The van der Waals surface area contributed by atoms with Crippen LogP contribution in [0.2, 0.25) is 0 Å². The number of thiophene rings is 1. The molecule has 0 spiro atoms. The fraction of sp³-hybridized carbons (Fsp3) is 0.429. The van der Waals surface area contributed by atoms with Crippen LogP contribution in [0.1, 0.15) is 28.3 Å². The van der Waals surface area contributed by atoms with Crippen LogP contribution in [-0.4, -0.2) is 24.5 Å². The fourth-order valence-corrected chi connectivity index (χ4v) is 3.32. The molecule has 0 aliphatic carbocycles. The molecule has 0 aliphatic heterocycles. The van der Waals surface area contributed by atoms with Gasteiger partial charge < -0.3 is 10.6 Å². The van der Waals surface area contributed by atoms with Gasteiger partial charge in [0.15, 0.2) is 5.96 Å². The summed E-state index contributed by atoms with van der Waals surface area (Å²) >= 11 is 3.45. The molecular formula is C14H21IN4S2. The summed E-state index contributed by atoms with van der Waals surface area (Å²) in [4.78, 5) is 9.71. The van der Waals surface area contributed by atoms with Gasteiger partial charge in [0.1, 0.15) is 0 Å². The molecule has 0 radical (unpaired) electrons. The summed E-state index contributed by atoms with van der Waals surface area (Å²) in [6.07, 6.45) is 1.91.